The number of nitrogens with one attached hydrogen (secondary N) is 1. The molecule has 0 aliphatic carbocycles. The van der Waals surface area contributed by atoms with Crippen LogP contribution < -0.4 is 5.32 Å². The number of carbonyl (C=O) groups excluding carboxylic acids is 1. The molecule has 86 valence electrons. The van der Waals surface area contributed by atoms with Gasteiger partial charge in [-0.25, -0.2) is 0 Å². The van der Waals surface area contributed by atoms with Crippen LogP contribution in [0.3, 0.4) is 0 Å². The molecule has 0 spiro atoms. The quantitative estimate of drug-likeness (QED) is 0.772. The largest absolute Gasteiger partial charge is 0.352 e. The maximum absolute atomic E-state index is 11.5. The third-order valence-electron chi connectivity index (χ3n) is 2.26. The van der Waals surface area contributed by atoms with E-state index in [1.807, 2.05) is 37.3 Å². The molecular weight excluding hydrogens is 198 g/mol. The van der Waals surface area contributed by atoms with E-state index >= 15 is 0 Å². The van der Waals surface area contributed by atoms with Crippen LogP contribution in [0.5, 0.6) is 0 Å². The highest BCUT2D eigenvalue weighted by Crippen LogP contribution is 2.11. The summed E-state index contributed by atoms with van der Waals surface area (Å²) in [6.07, 6.45) is 1.65. The number of hydrogen-bond acceptors (Lipinski definition) is 1. The fraction of sp³-hybridized carbons (Fsp3) is 0.357. The van der Waals surface area contributed by atoms with Crippen molar-refractivity contribution < 1.29 is 4.79 Å². The third-order valence-corrected chi connectivity index (χ3v) is 2.26. The molecule has 0 aliphatic rings. The molecule has 1 rings (SSSR count). The summed E-state index contributed by atoms with van der Waals surface area (Å²) in [7, 11) is 0. The van der Waals surface area contributed by atoms with Crippen molar-refractivity contribution in [2.24, 2.45) is 5.92 Å². The van der Waals surface area contributed by atoms with Gasteiger partial charge in [0.15, 0.2) is 0 Å². The molecule has 2 nitrogen and oxygen atoms in total. The summed E-state index contributed by atoms with van der Waals surface area (Å²) in [5, 5.41) is 2.87. The molecule has 1 aromatic rings. The van der Waals surface area contributed by atoms with Crippen molar-refractivity contribution in [2.45, 2.75) is 20.8 Å². The van der Waals surface area contributed by atoms with E-state index in [0.717, 1.165) is 17.7 Å². The first-order valence-corrected chi connectivity index (χ1v) is 5.61. The molecule has 1 aromatic carbocycles. The van der Waals surface area contributed by atoms with Crippen LogP contribution in [0, 0.1) is 5.92 Å². The van der Waals surface area contributed by atoms with Crippen molar-refractivity contribution in [1.82, 2.24) is 5.32 Å². The summed E-state index contributed by atoms with van der Waals surface area (Å²) in [5.41, 5.74) is 2.07. The van der Waals surface area contributed by atoms with Crippen LogP contribution >= 0.6 is 0 Å². The predicted molar refractivity (Wildman–Crippen MR) is 67.9 cm³/mol. The molecule has 1 amide bonds. The van der Waals surface area contributed by atoms with Crippen molar-refractivity contribution >= 4 is 11.5 Å². The van der Waals surface area contributed by atoms with E-state index in [2.05, 4.69) is 19.2 Å². The highest BCUT2D eigenvalue weighted by molar-refractivity contribution is 5.94. The fourth-order valence-corrected chi connectivity index (χ4v) is 1.34. The summed E-state index contributed by atoms with van der Waals surface area (Å²) in [4.78, 5) is 11.5. The Morgan fingerprint density at radius 1 is 1.31 bits per heavy atom. The first kappa shape index (κ1) is 12.5. The number of allylic oxidation sites excluding steroid dienone is 1. The zero-order valence-corrected chi connectivity index (χ0v) is 10.2. The maximum Gasteiger partial charge on any atom is 0.244 e. The third kappa shape index (κ3) is 4.30. The van der Waals surface area contributed by atoms with Gasteiger partial charge in [0.05, 0.1) is 0 Å². The lowest BCUT2D eigenvalue weighted by molar-refractivity contribution is -0.116. The average molecular weight is 217 g/mol. The van der Waals surface area contributed by atoms with Crippen LogP contribution in [-0.2, 0) is 4.79 Å². The second-order valence-corrected chi connectivity index (χ2v) is 4.33. The topological polar surface area (TPSA) is 29.1 Å². The Labute approximate surface area is 97.4 Å². The minimum atomic E-state index is -0.0185. The van der Waals surface area contributed by atoms with E-state index in [-0.39, 0.29) is 5.91 Å². The summed E-state index contributed by atoms with van der Waals surface area (Å²) in [6.45, 7) is 6.82. The molecule has 0 fully saturated rings. The summed E-state index contributed by atoms with van der Waals surface area (Å²) >= 11 is 0. The highest BCUT2D eigenvalue weighted by Gasteiger charge is 2.00. The molecule has 0 aliphatic heterocycles. The first-order valence-electron chi connectivity index (χ1n) is 5.61. The van der Waals surface area contributed by atoms with Crippen LogP contribution in [0.25, 0.3) is 5.57 Å². The molecule has 0 radical (unpaired) electrons. The normalized spacial score (nSPS) is 11.6. The summed E-state index contributed by atoms with van der Waals surface area (Å²) in [5.74, 6) is 0.462. The Morgan fingerprint density at radius 2 is 1.94 bits per heavy atom. The molecule has 0 saturated heterocycles. The lowest BCUT2D eigenvalue weighted by atomic mass is 10.1. The zero-order chi connectivity index (χ0) is 12.0. The van der Waals surface area contributed by atoms with Gasteiger partial charge in [-0.1, -0.05) is 44.2 Å². The second kappa shape index (κ2) is 6.11. The molecule has 2 heteroatoms. The second-order valence-electron chi connectivity index (χ2n) is 4.33. The molecule has 0 atom stereocenters. The van der Waals surface area contributed by atoms with Crippen molar-refractivity contribution in [3.8, 4) is 0 Å². The van der Waals surface area contributed by atoms with Gasteiger partial charge in [-0.3, -0.25) is 4.79 Å². The van der Waals surface area contributed by atoms with Crippen molar-refractivity contribution in [3.05, 3.63) is 42.0 Å². The Kier molecular flexibility index (Phi) is 4.77. The van der Waals surface area contributed by atoms with E-state index in [1.54, 1.807) is 6.08 Å². The van der Waals surface area contributed by atoms with E-state index in [0.29, 0.717) is 5.92 Å². The van der Waals surface area contributed by atoms with Gasteiger partial charge in [0.2, 0.25) is 5.91 Å². The highest BCUT2D eigenvalue weighted by atomic mass is 16.1. The van der Waals surface area contributed by atoms with Gasteiger partial charge in [-0.15, -0.1) is 0 Å². The van der Waals surface area contributed by atoms with E-state index < -0.39 is 0 Å². The van der Waals surface area contributed by atoms with Gasteiger partial charge in [-0.05, 0) is 24.0 Å². The fourth-order valence-electron chi connectivity index (χ4n) is 1.34. The average Bonchev–Trinajstić information content (AvgIpc) is 2.27. The zero-order valence-electron chi connectivity index (χ0n) is 10.2. The summed E-state index contributed by atoms with van der Waals surface area (Å²) < 4.78 is 0. The molecule has 0 heterocycles. The Balaban J connectivity index is 2.60. The molecule has 0 bridgehead atoms. The molecular formula is C14H19NO. The van der Waals surface area contributed by atoms with Crippen molar-refractivity contribution in [3.63, 3.8) is 0 Å². The lowest BCUT2D eigenvalue weighted by Crippen LogP contribution is -2.25. The van der Waals surface area contributed by atoms with Gasteiger partial charge >= 0.3 is 0 Å². The predicted octanol–water partition coefficient (Wildman–Crippen LogP) is 2.86. The Hall–Kier alpha value is -1.57. The number of amides is 1. The molecule has 0 aromatic heterocycles. The number of rotatable bonds is 4. The smallest absolute Gasteiger partial charge is 0.244 e. The first-order chi connectivity index (χ1) is 7.59. The van der Waals surface area contributed by atoms with Gasteiger partial charge in [0.1, 0.15) is 0 Å². The van der Waals surface area contributed by atoms with Gasteiger partial charge in [-0.2, -0.15) is 0 Å². The van der Waals surface area contributed by atoms with Crippen LogP contribution in [0.2, 0.25) is 0 Å². The number of carbonyl (C=O) groups is 1. The van der Waals surface area contributed by atoms with E-state index in [4.69, 9.17) is 0 Å². The van der Waals surface area contributed by atoms with Crippen LogP contribution in [-0.4, -0.2) is 12.5 Å². The molecule has 1 N–H and O–H groups in total. The van der Waals surface area contributed by atoms with E-state index in [1.165, 1.54) is 0 Å². The van der Waals surface area contributed by atoms with Gasteiger partial charge < -0.3 is 5.32 Å². The van der Waals surface area contributed by atoms with Gasteiger partial charge in [0.25, 0.3) is 0 Å². The van der Waals surface area contributed by atoms with Crippen LogP contribution in [0.4, 0.5) is 0 Å². The minimum Gasteiger partial charge on any atom is -0.352 e. The maximum atomic E-state index is 11.5. The lowest BCUT2D eigenvalue weighted by Gasteiger charge is -2.06. The summed E-state index contributed by atoms with van der Waals surface area (Å²) in [6, 6.07) is 9.91. The minimum absolute atomic E-state index is 0.0185. The van der Waals surface area contributed by atoms with Gasteiger partial charge in [0, 0.05) is 12.6 Å². The Morgan fingerprint density at radius 3 is 2.50 bits per heavy atom. The Bertz CT molecular complexity index is 366. The van der Waals surface area contributed by atoms with E-state index in [9.17, 15) is 4.79 Å². The van der Waals surface area contributed by atoms with Crippen molar-refractivity contribution in [2.75, 3.05) is 6.54 Å². The van der Waals surface area contributed by atoms with Crippen LogP contribution in [0.15, 0.2) is 36.4 Å². The monoisotopic (exact) mass is 217 g/mol. The molecule has 0 unspecified atom stereocenters. The SMILES string of the molecule is C/C(=C/C(=O)NCC(C)C)c1ccccc1. The number of benzene rings is 1. The van der Waals surface area contributed by atoms with Crippen LogP contribution in [0.1, 0.15) is 26.3 Å². The van der Waals surface area contributed by atoms with Crippen molar-refractivity contribution in [1.29, 1.82) is 0 Å². The number of hydrogen-bond donors (Lipinski definition) is 1. The standard InChI is InChI=1S/C14H19NO/c1-11(2)10-15-14(16)9-12(3)13-7-5-4-6-8-13/h4-9,11H,10H2,1-3H3,(H,15,16)/b12-9-. The molecule has 0 saturated carbocycles. The molecule has 16 heavy (non-hydrogen) atoms.